The fourth-order valence-electron chi connectivity index (χ4n) is 3.05. The van der Waals surface area contributed by atoms with Crippen molar-refractivity contribution in [3.8, 4) is 5.75 Å². The Morgan fingerprint density at radius 2 is 2.14 bits per heavy atom. The minimum atomic E-state index is -0.0633. The van der Waals surface area contributed by atoms with Gasteiger partial charge in [-0.05, 0) is 31.0 Å². The first-order valence-electron chi connectivity index (χ1n) is 9.04. The Morgan fingerprint density at radius 3 is 2.82 bits per heavy atom. The van der Waals surface area contributed by atoms with Crippen LogP contribution >= 0.6 is 23.1 Å². The number of aryl methyl sites for hydroxylation is 1. The van der Waals surface area contributed by atoms with Crippen LogP contribution in [0, 0.1) is 6.92 Å². The summed E-state index contributed by atoms with van der Waals surface area (Å²) in [5, 5.41) is 3.89. The first-order chi connectivity index (χ1) is 13.5. The van der Waals surface area contributed by atoms with Crippen LogP contribution in [0.4, 0.5) is 5.13 Å². The molecule has 9 heteroatoms. The molecule has 0 atom stereocenters. The molecule has 2 amide bonds. The molecule has 28 heavy (non-hydrogen) atoms. The number of aromatic nitrogens is 1. The number of carbonyl (C=O) groups excluding carboxylic acids is 2. The third-order valence-corrected chi connectivity index (χ3v) is 6.88. The molecule has 0 spiro atoms. The molecule has 1 aliphatic rings. The molecule has 0 aliphatic carbocycles. The van der Waals surface area contributed by atoms with Crippen molar-refractivity contribution in [2.24, 2.45) is 0 Å². The number of nitrogens with one attached hydrogen (secondary N) is 1. The lowest BCUT2D eigenvalue weighted by molar-refractivity contribution is -0.118. The molecule has 1 aliphatic heterocycles. The highest BCUT2D eigenvalue weighted by Crippen LogP contribution is 2.38. The first-order valence-corrected chi connectivity index (χ1v) is 10.7. The van der Waals surface area contributed by atoms with Gasteiger partial charge in [0.1, 0.15) is 5.75 Å². The second kappa shape index (κ2) is 9.29. The lowest BCUT2D eigenvalue weighted by Gasteiger charge is -2.22. The smallest absolute Gasteiger partial charge is 0.257 e. The van der Waals surface area contributed by atoms with Crippen LogP contribution in [-0.4, -0.2) is 67.4 Å². The summed E-state index contributed by atoms with van der Waals surface area (Å²) in [7, 11) is 3.42. The van der Waals surface area contributed by atoms with E-state index in [1.165, 1.54) is 0 Å². The molecule has 2 aromatic rings. The molecule has 1 saturated heterocycles. The maximum atomic E-state index is 13.2. The van der Waals surface area contributed by atoms with E-state index in [0.717, 1.165) is 32.6 Å². The van der Waals surface area contributed by atoms with Crippen molar-refractivity contribution in [1.82, 2.24) is 14.8 Å². The predicted molar refractivity (Wildman–Crippen MR) is 112 cm³/mol. The summed E-state index contributed by atoms with van der Waals surface area (Å²) < 4.78 is 6.54. The molecule has 1 aromatic heterocycles. The van der Waals surface area contributed by atoms with Gasteiger partial charge in [0.05, 0.1) is 23.1 Å². The molecule has 2 heterocycles. The van der Waals surface area contributed by atoms with E-state index < -0.39 is 0 Å². The van der Waals surface area contributed by atoms with E-state index in [1.54, 1.807) is 40.0 Å². The highest BCUT2D eigenvalue weighted by molar-refractivity contribution is 8.01. The normalized spacial score (nSPS) is 14.5. The van der Waals surface area contributed by atoms with Gasteiger partial charge in [-0.15, -0.1) is 0 Å². The molecule has 0 saturated carbocycles. The van der Waals surface area contributed by atoms with Crippen LogP contribution in [0.2, 0.25) is 0 Å². The Kier molecular flexibility index (Phi) is 6.79. The van der Waals surface area contributed by atoms with E-state index in [0.29, 0.717) is 37.5 Å². The molecule has 7 nitrogen and oxygen atoms in total. The molecule has 150 valence electrons. The second-order valence-electron chi connectivity index (χ2n) is 6.44. The summed E-state index contributed by atoms with van der Waals surface area (Å²) in [6.07, 6.45) is 3.45. The van der Waals surface area contributed by atoms with E-state index in [2.05, 4.69) is 10.3 Å². The number of hydrogen-bond acceptors (Lipinski definition) is 7. The number of amides is 2. The summed E-state index contributed by atoms with van der Waals surface area (Å²) >= 11 is 3.16. The Hall–Kier alpha value is -2.26. The van der Waals surface area contributed by atoms with E-state index in [9.17, 15) is 9.59 Å². The zero-order chi connectivity index (χ0) is 20.1. The quantitative estimate of drug-likeness (QED) is 0.725. The number of hydrogen-bond donors (Lipinski definition) is 1. The molecule has 0 bridgehead atoms. The molecule has 0 radical (unpaired) electrons. The van der Waals surface area contributed by atoms with Gasteiger partial charge in [0.15, 0.2) is 5.13 Å². The number of thiazole rings is 1. The number of rotatable bonds is 6. The van der Waals surface area contributed by atoms with Crippen LogP contribution in [0.25, 0.3) is 0 Å². The average molecular weight is 421 g/mol. The summed E-state index contributed by atoms with van der Waals surface area (Å²) in [6, 6.07) is 3.81. The maximum absolute atomic E-state index is 13.2. The molecule has 3 rings (SSSR count). The second-order valence-corrected chi connectivity index (χ2v) is 8.81. The third kappa shape index (κ3) is 4.59. The van der Waals surface area contributed by atoms with Crippen molar-refractivity contribution < 1.29 is 14.3 Å². The zero-order valence-corrected chi connectivity index (χ0v) is 17.9. The van der Waals surface area contributed by atoms with Crippen LogP contribution in [0.3, 0.4) is 0 Å². The minimum Gasteiger partial charge on any atom is -0.496 e. The van der Waals surface area contributed by atoms with Gasteiger partial charge in [-0.1, -0.05) is 23.1 Å². The van der Waals surface area contributed by atoms with Crippen LogP contribution in [0.1, 0.15) is 22.3 Å². The van der Waals surface area contributed by atoms with Gasteiger partial charge in [-0.2, -0.15) is 0 Å². The Bertz CT molecular complexity index is 856. The van der Waals surface area contributed by atoms with Crippen molar-refractivity contribution in [3.05, 3.63) is 29.5 Å². The van der Waals surface area contributed by atoms with Crippen LogP contribution in [0.15, 0.2) is 27.4 Å². The standard InChI is InChI=1S/C19H24N4O3S2/c1-13-9-15(26-3)14(10-16(13)27-17-11-21-19(20-2)28-17)18(25)23-6-4-5-22(12-24)7-8-23/h9-12H,4-8H2,1-3H3,(H,20,21). The van der Waals surface area contributed by atoms with E-state index in [-0.39, 0.29) is 5.91 Å². The number of anilines is 1. The van der Waals surface area contributed by atoms with Gasteiger partial charge >= 0.3 is 0 Å². The highest BCUT2D eigenvalue weighted by atomic mass is 32.2. The number of benzene rings is 1. The average Bonchev–Trinajstić information content (AvgIpc) is 3.03. The Morgan fingerprint density at radius 1 is 1.32 bits per heavy atom. The van der Waals surface area contributed by atoms with E-state index >= 15 is 0 Å². The molecule has 1 fully saturated rings. The molecular formula is C19H24N4O3S2. The Balaban J connectivity index is 1.86. The van der Waals surface area contributed by atoms with Crippen molar-refractivity contribution >= 4 is 40.5 Å². The van der Waals surface area contributed by atoms with Crippen molar-refractivity contribution in [2.45, 2.75) is 22.4 Å². The predicted octanol–water partition coefficient (Wildman–Crippen LogP) is 2.96. The van der Waals surface area contributed by atoms with Gasteiger partial charge in [-0.25, -0.2) is 4.98 Å². The SMILES string of the molecule is CNc1ncc(Sc2cc(C(=O)N3CCCN(C=O)CC3)c(OC)cc2C)s1. The molecule has 1 N–H and O–H groups in total. The fraction of sp³-hybridized carbons (Fsp3) is 0.421. The van der Waals surface area contributed by atoms with Gasteiger partial charge in [0.25, 0.3) is 5.91 Å². The number of nitrogens with zero attached hydrogens (tertiary/aromatic N) is 3. The fourth-order valence-corrected chi connectivity index (χ4v) is 4.95. The van der Waals surface area contributed by atoms with E-state index in [1.807, 2.05) is 32.3 Å². The minimum absolute atomic E-state index is 0.0633. The lowest BCUT2D eigenvalue weighted by Crippen LogP contribution is -2.35. The van der Waals surface area contributed by atoms with Crippen LogP contribution < -0.4 is 10.1 Å². The number of ether oxygens (including phenoxy) is 1. The monoisotopic (exact) mass is 420 g/mol. The van der Waals surface area contributed by atoms with Gasteiger partial charge in [0.2, 0.25) is 6.41 Å². The number of methoxy groups -OCH3 is 1. The third-order valence-electron chi connectivity index (χ3n) is 4.60. The summed E-state index contributed by atoms with van der Waals surface area (Å²) in [5.41, 5.74) is 1.59. The van der Waals surface area contributed by atoms with Crippen LogP contribution in [-0.2, 0) is 4.79 Å². The Labute approximate surface area is 173 Å². The summed E-state index contributed by atoms with van der Waals surface area (Å²) in [4.78, 5) is 33.1. The van der Waals surface area contributed by atoms with E-state index in [4.69, 9.17) is 4.74 Å². The molecule has 1 aromatic carbocycles. The van der Waals surface area contributed by atoms with Crippen molar-refractivity contribution in [2.75, 3.05) is 45.7 Å². The maximum Gasteiger partial charge on any atom is 0.257 e. The number of carbonyl (C=O) groups is 2. The van der Waals surface area contributed by atoms with Gasteiger partial charge < -0.3 is 19.9 Å². The first kappa shape index (κ1) is 20.5. The lowest BCUT2D eigenvalue weighted by atomic mass is 10.1. The van der Waals surface area contributed by atoms with Crippen LogP contribution in [0.5, 0.6) is 5.75 Å². The topological polar surface area (TPSA) is 74.8 Å². The zero-order valence-electron chi connectivity index (χ0n) is 16.2. The highest BCUT2D eigenvalue weighted by Gasteiger charge is 2.24. The summed E-state index contributed by atoms with van der Waals surface area (Å²) in [6.45, 7) is 4.39. The summed E-state index contributed by atoms with van der Waals surface area (Å²) in [5.74, 6) is 0.509. The van der Waals surface area contributed by atoms with Gasteiger partial charge in [0, 0.05) is 38.1 Å². The van der Waals surface area contributed by atoms with Crippen molar-refractivity contribution in [1.29, 1.82) is 0 Å². The molecule has 0 unspecified atom stereocenters. The largest absolute Gasteiger partial charge is 0.496 e. The van der Waals surface area contributed by atoms with Crippen molar-refractivity contribution in [3.63, 3.8) is 0 Å². The van der Waals surface area contributed by atoms with Gasteiger partial charge in [-0.3, -0.25) is 9.59 Å². The molecular weight excluding hydrogens is 396 g/mol.